The number of amides is 1. The van der Waals surface area contributed by atoms with Crippen molar-refractivity contribution in [2.24, 2.45) is 0 Å². The molecule has 0 aliphatic heterocycles. The minimum absolute atomic E-state index is 0.238. The average Bonchev–Trinajstić information content (AvgIpc) is 2.35. The van der Waals surface area contributed by atoms with Crippen molar-refractivity contribution in [3.63, 3.8) is 0 Å². The van der Waals surface area contributed by atoms with Crippen LogP contribution in [0.1, 0.15) is 15.9 Å². The number of aliphatic hydroxyl groups is 1. The van der Waals surface area contributed by atoms with Crippen LogP contribution >= 0.6 is 0 Å². The highest BCUT2D eigenvalue weighted by molar-refractivity contribution is 5.94. The van der Waals surface area contributed by atoms with Crippen molar-refractivity contribution in [2.75, 3.05) is 6.54 Å². The number of carbonyl (C=O) groups excluding carboxylic acids is 1. The van der Waals surface area contributed by atoms with E-state index in [2.05, 4.69) is 5.32 Å². The molecule has 0 aliphatic rings. The fourth-order valence-electron chi connectivity index (χ4n) is 1.11. The Hall–Kier alpha value is -2.39. The highest BCUT2D eigenvalue weighted by atomic mass is 16.4. The highest BCUT2D eigenvalue weighted by Crippen LogP contribution is 2.03. The SMILES string of the molecule is N#Cc1cccc(C(=O)NCC(O)C(=O)O)c1. The Bertz CT molecular complexity index is 479. The molecule has 88 valence electrons. The monoisotopic (exact) mass is 234 g/mol. The standard InChI is InChI=1S/C11H10N2O4/c12-5-7-2-1-3-8(4-7)10(15)13-6-9(14)11(16)17/h1-4,9,14H,6H2,(H,13,15)(H,16,17). The number of benzene rings is 1. The van der Waals surface area contributed by atoms with E-state index in [1.807, 2.05) is 6.07 Å². The predicted octanol–water partition coefficient (Wildman–Crippen LogP) is -0.266. The van der Waals surface area contributed by atoms with Crippen molar-refractivity contribution in [3.05, 3.63) is 35.4 Å². The van der Waals surface area contributed by atoms with E-state index in [0.717, 1.165) is 0 Å². The van der Waals surface area contributed by atoms with Crippen LogP contribution in [-0.2, 0) is 4.79 Å². The number of nitrogens with zero attached hydrogens (tertiary/aromatic N) is 1. The summed E-state index contributed by atoms with van der Waals surface area (Å²) in [5.41, 5.74) is 0.568. The minimum atomic E-state index is -1.64. The Morgan fingerprint density at radius 1 is 1.47 bits per heavy atom. The maximum Gasteiger partial charge on any atom is 0.334 e. The van der Waals surface area contributed by atoms with Gasteiger partial charge in [0.2, 0.25) is 0 Å². The number of carboxylic acids is 1. The molecule has 0 radical (unpaired) electrons. The van der Waals surface area contributed by atoms with E-state index < -0.39 is 18.0 Å². The molecule has 6 nitrogen and oxygen atoms in total. The Morgan fingerprint density at radius 2 is 2.18 bits per heavy atom. The number of carbonyl (C=O) groups is 2. The van der Waals surface area contributed by atoms with E-state index in [-0.39, 0.29) is 12.1 Å². The third-order valence-corrected chi connectivity index (χ3v) is 1.99. The number of nitriles is 1. The summed E-state index contributed by atoms with van der Waals surface area (Å²) >= 11 is 0. The van der Waals surface area contributed by atoms with Gasteiger partial charge in [0.15, 0.2) is 6.10 Å². The van der Waals surface area contributed by atoms with Gasteiger partial charge in [-0.3, -0.25) is 4.79 Å². The summed E-state index contributed by atoms with van der Waals surface area (Å²) in [7, 11) is 0. The Morgan fingerprint density at radius 3 is 2.76 bits per heavy atom. The lowest BCUT2D eigenvalue weighted by atomic mass is 10.1. The van der Waals surface area contributed by atoms with E-state index in [1.54, 1.807) is 12.1 Å². The van der Waals surface area contributed by atoms with Crippen molar-refractivity contribution in [1.29, 1.82) is 5.26 Å². The molecule has 0 bridgehead atoms. The van der Waals surface area contributed by atoms with Gasteiger partial charge in [0.1, 0.15) is 0 Å². The number of hydrogen-bond donors (Lipinski definition) is 3. The van der Waals surface area contributed by atoms with Gasteiger partial charge in [-0.05, 0) is 18.2 Å². The molecule has 0 aliphatic carbocycles. The van der Waals surface area contributed by atoms with Gasteiger partial charge in [-0.1, -0.05) is 6.07 Å². The van der Waals surface area contributed by atoms with Crippen LogP contribution in [0.3, 0.4) is 0 Å². The molecule has 1 amide bonds. The molecule has 0 saturated heterocycles. The van der Waals surface area contributed by atoms with Gasteiger partial charge >= 0.3 is 5.97 Å². The molecule has 0 spiro atoms. The Kier molecular flexibility index (Phi) is 4.20. The summed E-state index contributed by atoms with van der Waals surface area (Å²) in [6.45, 7) is -0.384. The summed E-state index contributed by atoms with van der Waals surface area (Å²) in [4.78, 5) is 21.8. The lowest BCUT2D eigenvalue weighted by Gasteiger charge is -2.07. The van der Waals surface area contributed by atoms with Gasteiger partial charge in [0.25, 0.3) is 5.91 Å². The quantitative estimate of drug-likeness (QED) is 0.664. The normalized spacial score (nSPS) is 11.3. The highest BCUT2D eigenvalue weighted by Gasteiger charge is 2.14. The number of aliphatic hydroxyl groups excluding tert-OH is 1. The van der Waals surface area contributed by atoms with E-state index in [9.17, 15) is 9.59 Å². The number of hydrogen-bond acceptors (Lipinski definition) is 4. The molecule has 0 saturated carbocycles. The third kappa shape index (κ3) is 3.59. The van der Waals surface area contributed by atoms with Gasteiger partial charge in [-0.25, -0.2) is 4.79 Å². The van der Waals surface area contributed by atoms with Crippen LogP contribution in [0.5, 0.6) is 0 Å². The number of rotatable bonds is 4. The van der Waals surface area contributed by atoms with Gasteiger partial charge in [0, 0.05) is 5.56 Å². The average molecular weight is 234 g/mol. The van der Waals surface area contributed by atoms with Crippen LogP contribution in [-0.4, -0.2) is 34.7 Å². The molecular weight excluding hydrogens is 224 g/mol. The zero-order valence-electron chi connectivity index (χ0n) is 8.75. The van der Waals surface area contributed by atoms with Crippen molar-refractivity contribution >= 4 is 11.9 Å². The molecule has 0 heterocycles. The molecule has 6 heteroatoms. The second-order valence-corrected chi connectivity index (χ2v) is 3.26. The fourth-order valence-corrected chi connectivity index (χ4v) is 1.11. The summed E-state index contributed by atoms with van der Waals surface area (Å²) in [5, 5.41) is 28.2. The lowest BCUT2D eigenvalue weighted by Crippen LogP contribution is -2.36. The summed E-state index contributed by atoms with van der Waals surface area (Å²) in [6.07, 6.45) is -1.64. The molecule has 3 N–H and O–H groups in total. The van der Waals surface area contributed by atoms with E-state index >= 15 is 0 Å². The zero-order chi connectivity index (χ0) is 12.8. The van der Waals surface area contributed by atoms with Gasteiger partial charge < -0.3 is 15.5 Å². The maximum absolute atomic E-state index is 11.5. The summed E-state index contributed by atoms with van der Waals surface area (Å²) in [5.74, 6) is -1.95. The predicted molar refractivity (Wildman–Crippen MR) is 57.1 cm³/mol. The molecule has 0 aromatic heterocycles. The number of aliphatic carboxylic acids is 1. The van der Waals surface area contributed by atoms with Crippen molar-refractivity contribution in [1.82, 2.24) is 5.32 Å². The van der Waals surface area contributed by atoms with Crippen molar-refractivity contribution in [3.8, 4) is 6.07 Å². The molecule has 17 heavy (non-hydrogen) atoms. The van der Waals surface area contributed by atoms with Crippen LogP contribution in [0, 0.1) is 11.3 Å². The smallest absolute Gasteiger partial charge is 0.334 e. The minimum Gasteiger partial charge on any atom is -0.479 e. The topological polar surface area (TPSA) is 110 Å². The van der Waals surface area contributed by atoms with E-state index in [4.69, 9.17) is 15.5 Å². The molecule has 1 aromatic rings. The van der Waals surface area contributed by atoms with Gasteiger partial charge in [0.05, 0.1) is 18.2 Å². The van der Waals surface area contributed by atoms with Crippen LogP contribution in [0.2, 0.25) is 0 Å². The first-order chi connectivity index (χ1) is 8.04. The Balaban J connectivity index is 2.64. The lowest BCUT2D eigenvalue weighted by molar-refractivity contribution is -0.146. The van der Waals surface area contributed by atoms with Crippen LogP contribution in [0.15, 0.2) is 24.3 Å². The van der Waals surface area contributed by atoms with Crippen molar-refractivity contribution < 1.29 is 19.8 Å². The van der Waals surface area contributed by atoms with Gasteiger partial charge in [-0.2, -0.15) is 5.26 Å². The van der Waals surface area contributed by atoms with E-state index in [0.29, 0.717) is 5.56 Å². The van der Waals surface area contributed by atoms with Crippen LogP contribution in [0.25, 0.3) is 0 Å². The Labute approximate surface area is 97.1 Å². The molecular formula is C11H10N2O4. The fraction of sp³-hybridized carbons (Fsp3) is 0.182. The molecule has 1 unspecified atom stereocenters. The van der Waals surface area contributed by atoms with Gasteiger partial charge in [-0.15, -0.1) is 0 Å². The van der Waals surface area contributed by atoms with Crippen molar-refractivity contribution in [2.45, 2.75) is 6.10 Å². The molecule has 0 fully saturated rings. The first-order valence-corrected chi connectivity index (χ1v) is 4.74. The van der Waals surface area contributed by atoms with Crippen LogP contribution in [0.4, 0.5) is 0 Å². The third-order valence-electron chi connectivity index (χ3n) is 1.99. The molecule has 1 rings (SSSR count). The number of carboxylic acid groups (broad SMARTS) is 1. The largest absolute Gasteiger partial charge is 0.479 e. The first-order valence-electron chi connectivity index (χ1n) is 4.74. The second kappa shape index (κ2) is 5.63. The summed E-state index contributed by atoms with van der Waals surface area (Å²) in [6, 6.07) is 7.84. The maximum atomic E-state index is 11.5. The summed E-state index contributed by atoms with van der Waals surface area (Å²) < 4.78 is 0. The second-order valence-electron chi connectivity index (χ2n) is 3.26. The molecule has 1 atom stereocenters. The first kappa shape index (κ1) is 12.7. The zero-order valence-corrected chi connectivity index (χ0v) is 8.75. The molecule has 1 aromatic carbocycles. The van der Waals surface area contributed by atoms with E-state index in [1.165, 1.54) is 12.1 Å². The van der Waals surface area contributed by atoms with Crippen LogP contribution < -0.4 is 5.32 Å². The number of nitrogens with one attached hydrogen (secondary N) is 1.